The lowest BCUT2D eigenvalue weighted by Crippen LogP contribution is -2.38. The molecule has 0 saturated carbocycles. The number of anilines is 1. The zero-order valence-corrected chi connectivity index (χ0v) is 15.3. The van der Waals surface area contributed by atoms with Gasteiger partial charge in [0.15, 0.2) is 0 Å². The van der Waals surface area contributed by atoms with Crippen molar-refractivity contribution in [1.29, 1.82) is 5.26 Å². The molecule has 4 N–H and O–H groups in total. The van der Waals surface area contributed by atoms with Crippen molar-refractivity contribution in [3.05, 3.63) is 64.3 Å². The molecule has 1 atom stereocenters. The minimum Gasteiger partial charge on any atom is -0.404 e. The van der Waals surface area contributed by atoms with Gasteiger partial charge in [-0.1, -0.05) is 30.9 Å². The molecular formula is C22H25FN4. The quantitative estimate of drug-likeness (QED) is 0.766. The molecule has 5 heteroatoms. The van der Waals surface area contributed by atoms with E-state index >= 15 is 0 Å². The van der Waals surface area contributed by atoms with Crippen LogP contribution in [0, 0.1) is 11.3 Å². The molecule has 1 heterocycles. The molecule has 0 aromatic heterocycles. The number of benzene rings is 1. The van der Waals surface area contributed by atoms with Gasteiger partial charge in [0.25, 0.3) is 0 Å². The lowest BCUT2D eigenvalue weighted by atomic mass is 9.88. The molecule has 1 aliphatic heterocycles. The van der Waals surface area contributed by atoms with E-state index < -0.39 is 5.83 Å². The van der Waals surface area contributed by atoms with Crippen molar-refractivity contribution < 1.29 is 4.39 Å². The third kappa shape index (κ3) is 4.29. The van der Waals surface area contributed by atoms with Crippen LogP contribution in [-0.2, 0) is 0 Å². The van der Waals surface area contributed by atoms with E-state index in [0.29, 0.717) is 12.5 Å². The number of hydrogen-bond donors (Lipinski definition) is 3. The van der Waals surface area contributed by atoms with E-state index in [0.717, 1.165) is 47.6 Å². The average Bonchev–Trinajstić information content (AvgIpc) is 2.69. The second-order valence-corrected chi connectivity index (χ2v) is 6.90. The summed E-state index contributed by atoms with van der Waals surface area (Å²) in [5.74, 6) is -0.483. The summed E-state index contributed by atoms with van der Waals surface area (Å²) in [5, 5.41) is 18.0. The summed E-state index contributed by atoms with van der Waals surface area (Å²) in [5.41, 5.74) is 8.03. The standard InChI is InChI=1S/C22H25FN4/c1-2-3-16-11-17(15-4-5-21(23)18(10-15)13-24)12-22(20(16)14-25)27-19-6-8-26-9-7-19/h2-3,5,10-12,14-15,19,26-27H,1,4,6-9,25H2/b16-3-,20-14+. The SMILES string of the molecule is C=C/C=c1/cc(C2C=C(C#N)C(F)=CC2)cc(NC2CCNCC2)/c1=C/N. The highest BCUT2D eigenvalue weighted by atomic mass is 19.1. The molecule has 0 spiro atoms. The molecule has 1 aromatic rings. The predicted molar refractivity (Wildman–Crippen MR) is 109 cm³/mol. The van der Waals surface area contributed by atoms with E-state index in [2.05, 4.69) is 23.3 Å². The van der Waals surface area contributed by atoms with E-state index in [9.17, 15) is 4.39 Å². The van der Waals surface area contributed by atoms with Gasteiger partial charge in [-0.2, -0.15) is 5.26 Å². The Morgan fingerprint density at radius 1 is 1.33 bits per heavy atom. The Labute approximate surface area is 159 Å². The number of nitrogens with zero attached hydrogens (tertiary/aromatic N) is 1. The first-order valence-corrected chi connectivity index (χ1v) is 9.30. The Bertz CT molecular complexity index is 930. The summed E-state index contributed by atoms with van der Waals surface area (Å²) in [6.07, 6.45) is 11.1. The molecule has 0 amide bonds. The van der Waals surface area contributed by atoms with Crippen LogP contribution in [-0.4, -0.2) is 19.1 Å². The monoisotopic (exact) mass is 364 g/mol. The summed E-state index contributed by atoms with van der Waals surface area (Å²) in [7, 11) is 0. The summed E-state index contributed by atoms with van der Waals surface area (Å²) >= 11 is 0. The van der Waals surface area contributed by atoms with Gasteiger partial charge < -0.3 is 16.4 Å². The van der Waals surface area contributed by atoms with Gasteiger partial charge in [-0.15, -0.1) is 0 Å². The van der Waals surface area contributed by atoms with Crippen molar-refractivity contribution in [2.45, 2.75) is 31.2 Å². The van der Waals surface area contributed by atoms with E-state index in [1.165, 1.54) is 6.08 Å². The first kappa shape index (κ1) is 18.9. The largest absolute Gasteiger partial charge is 0.404 e. The van der Waals surface area contributed by atoms with Crippen LogP contribution in [0.1, 0.15) is 30.7 Å². The highest BCUT2D eigenvalue weighted by Gasteiger charge is 2.19. The van der Waals surface area contributed by atoms with Crippen LogP contribution >= 0.6 is 0 Å². The number of piperidine rings is 1. The molecule has 0 radical (unpaired) electrons. The van der Waals surface area contributed by atoms with Crippen LogP contribution in [0.15, 0.2) is 48.3 Å². The van der Waals surface area contributed by atoms with Gasteiger partial charge in [-0.05, 0) is 55.3 Å². The Balaban J connectivity index is 2.05. The van der Waals surface area contributed by atoms with E-state index in [1.54, 1.807) is 18.4 Å². The summed E-state index contributed by atoms with van der Waals surface area (Å²) in [6.45, 7) is 5.78. The fourth-order valence-electron chi connectivity index (χ4n) is 3.68. The zero-order valence-electron chi connectivity index (χ0n) is 15.3. The van der Waals surface area contributed by atoms with Crippen LogP contribution in [0.5, 0.6) is 0 Å². The lowest BCUT2D eigenvalue weighted by Gasteiger charge is -2.26. The van der Waals surface area contributed by atoms with Gasteiger partial charge >= 0.3 is 0 Å². The zero-order chi connectivity index (χ0) is 19.2. The van der Waals surface area contributed by atoms with Crippen LogP contribution in [0.4, 0.5) is 10.1 Å². The predicted octanol–water partition coefficient (Wildman–Crippen LogP) is 2.30. The van der Waals surface area contributed by atoms with Crippen LogP contribution in [0.3, 0.4) is 0 Å². The molecule has 1 aliphatic carbocycles. The second kappa shape index (κ2) is 8.70. The Kier molecular flexibility index (Phi) is 6.10. The van der Waals surface area contributed by atoms with Crippen molar-refractivity contribution in [3.8, 4) is 6.07 Å². The van der Waals surface area contributed by atoms with E-state index in [4.69, 9.17) is 11.0 Å². The minimum absolute atomic E-state index is 0.0449. The molecule has 2 aliphatic rings. The molecule has 3 rings (SSSR count). The van der Waals surface area contributed by atoms with Crippen LogP contribution < -0.4 is 26.8 Å². The number of allylic oxidation sites excluding steroid dienone is 5. The number of nitriles is 1. The van der Waals surface area contributed by atoms with Crippen molar-refractivity contribution in [1.82, 2.24) is 5.32 Å². The molecule has 27 heavy (non-hydrogen) atoms. The van der Waals surface area contributed by atoms with Crippen molar-refractivity contribution in [2.75, 3.05) is 18.4 Å². The maximum absolute atomic E-state index is 13.8. The van der Waals surface area contributed by atoms with Gasteiger partial charge in [-0.25, -0.2) is 4.39 Å². The number of nitrogens with one attached hydrogen (secondary N) is 2. The third-order valence-electron chi connectivity index (χ3n) is 5.12. The minimum atomic E-state index is -0.438. The first-order valence-electron chi connectivity index (χ1n) is 9.30. The molecule has 1 aromatic carbocycles. The van der Waals surface area contributed by atoms with Crippen LogP contribution in [0.25, 0.3) is 12.3 Å². The topological polar surface area (TPSA) is 73.9 Å². The van der Waals surface area contributed by atoms with Gasteiger partial charge in [0, 0.05) is 29.1 Å². The fraction of sp³-hybridized carbons (Fsp3) is 0.318. The van der Waals surface area contributed by atoms with E-state index in [-0.39, 0.29) is 11.5 Å². The first-order chi connectivity index (χ1) is 13.2. The van der Waals surface area contributed by atoms with Gasteiger partial charge in [0.05, 0.1) is 5.57 Å². The molecule has 1 unspecified atom stereocenters. The number of hydrogen-bond acceptors (Lipinski definition) is 4. The normalized spacial score (nSPS) is 22.0. The molecule has 1 saturated heterocycles. The molecule has 140 valence electrons. The summed E-state index contributed by atoms with van der Waals surface area (Å²) in [6, 6.07) is 6.44. The molecular weight excluding hydrogens is 339 g/mol. The van der Waals surface area contributed by atoms with Crippen molar-refractivity contribution in [3.63, 3.8) is 0 Å². The third-order valence-corrected chi connectivity index (χ3v) is 5.12. The van der Waals surface area contributed by atoms with Gasteiger partial charge in [-0.3, -0.25) is 0 Å². The number of nitrogens with two attached hydrogens (primary N) is 1. The highest BCUT2D eigenvalue weighted by molar-refractivity contribution is 5.56. The summed E-state index contributed by atoms with van der Waals surface area (Å²) in [4.78, 5) is 0. The Hall–Kier alpha value is -2.84. The molecule has 1 fully saturated rings. The number of halogens is 1. The van der Waals surface area contributed by atoms with E-state index in [1.807, 2.05) is 18.2 Å². The van der Waals surface area contributed by atoms with Gasteiger partial charge in [0.2, 0.25) is 0 Å². The van der Waals surface area contributed by atoms with Crippen molar-refractivity contribution >= 4 is 18.0 Å². The molecule has 0 bridgehead atoms. The second-order valence-electron chi connectivity index (χ2n) is 6.90. The Morgan fingerprint density at radius 2 is 2.11 bits per heavy atom. The van der Waals surface area contributed by atoms with Crippen LogP contribution in [0.2, 0.25) is 0 Å². The Morgan fingerprint density at radius 3 is 2.78 bits per heavy atom. The summed E-state index contributed by atoms with van der Waals surface area (Å²) < 4.78 is 13.8. The maximum atomic E-state index is 13.8. The lowest BCUT2D eigenvalue weighted by molar-refractivity contribution is 0.479. The maximum Gasteiger partial charge on any atom is 0.136 e. The fourth-order valence-corrected chi connectivity index (χ4v) is 3.68. The van der Waals surface area contributed by atoms with Gasteiger partial charge in [0.1, 0.15) is 11.9 Å². The van der Waals surface area contributed by atoms with Crippen molar-refractivity contribution in [2.24, 2.45) is 5.73 Å². The number of rotatable bonds is 4. The molecule has 4 nitrogen and oxygen atoms in total. The highest BCUT2D eigenvalue weighted by Crippen LogP contribution is 2.31. The smallest absolute Gasteiger partial charge is 0.136 e. The average molecular weight is 364 g/mol.